The smallest absolute Gasteiger partial charge is 0.289 e. The van der Waals surface area contributed by atoms with Gasteiger partial charge < -0.3 is 15.1 Å². The monoisotopic (exact) mass is 250 g/mol. The molecule has 0 unspecified atom stereocenters. The third-order valence-electron chi connectivity index (χ3n) is 2.30. The van der Waals surface area contributed by atoms with Gasteiger partial charge in [0.25, 0.3) is 5.91 Å². The van der Waals surface area contributed by atoms with Gasteiger partial charge in [0.1, 0.15) is 0 Å². The number of carbonyl (C=O) groups is 1. The number of amides is 1. The van der Waals surface area contributed by atoms with Crippen LogP contribution in [0.25, 0.3) is 0 Å². The van der Waals surface area contributed by atoms with E-state index in [2.05, 4.69) is 0 Å². The number of hydrogen-bond acceptors (Lipinski definition) is 3. The predicted octanol–water partition coefficient (Wildman–Crippen LogP) is 1.53. The van der Waals surface area contributed by atoms with Crippen LogP contribution in [0.4, 0.5) is 0 Å². The predicted molar refractivity (Wildman–Crippen MR) is 59.5 cm³/mol. The molecule has 0 aliphatic carbocycles. The number of hydrogen-bond donors (Lipinski definition) is 1. The van der Waals surface area contributed by atoms with Gasteiger partial charge in [0.2, 0.25) is 0 Å². The van der Waals surface area contributed by atoms with E-state index in [1.165, 1.54) is 0 Å². The SMILES string of the molecule is Cl.N[C@H]1CCN(C(=O)c2ccc(Cl)o2)C1. The van der Waals surface area contributed by atoms with Gasteiger partial charge in [0.15, 0.2) is 11.0 Å². The van der Waals surface area contributed by atoms with Crippen molar-refractivity contribution in [1.29, 1.82) is 0 Å². The molecule has 0 radical (unpaired) electrons. The molecule has 84 valence electrons. The van der Waals surface area contributed by atoms with Gasteiger partial charge >= 0.3 is 0 Å². The maximum atomic E-state index is 11.7. The molecule has 2 heterocycles. The summed E-state index contributed by atoms with van der Waals surface area (Å²) in [5.74, 6) is 0.147. The Hall–Kier alpha value is -0.710. The van der Waals surface area contributed by atoms with Gasteiger partial charge in [0.05, 0.1) is 0 Å². The molecule has 0 spiro atoms. The normalized spacial score (nSPS) is 20.1. The van der Waals surface area contributed by atoms with Gasteiger partial charge in [-0.2, -0.15) is 0 Å². The Kier molecular flexibility index (Phi) is 4.02. The second kappa shape index (κ2) is 4.88. The molecule has 1 fully saturated rings. The standard InChI is InChI=1S/C9H11ClN2O2.ClH/c10-8-2-1-7(14-8)9(13)12-4-3-6(11)5-12;/h1-2,6H,3-5,11H2;1H/t6-;/m0./s1. The molecule has 2 N–H and O–H groups in total. The highest BCUT2D eigenvalue weighted by atomic mass is 35.5. The molecule has 4 nitrogen and oxygen atoms in total. The molecule has 1 amide bonds. The molecule has 1 aliphatic rings. The molecule has 2 rings (SSSR count). The molecular formula is C9H12Cl2N2O2. The van der Waals surface area contributed by atoms with Gasteiger partial charge in [-0.05, 0) is 30.2 Å². The first kappa shape index (κ1) is 12.4. The molecule has 0 saturated carbocycles. The van der Waals surface area contributed by atoms with Crippen LogP contribution < -0.4 is 5.73 Å². The molecule has 6 heteroatoms. The summed E-state index contributed by atoms with van der Waals surface area (Å²) in [6, 6.07) is 3.23. The molecule has 1 aliphatic heterocycles. The zero-order chi connectivity index (χ0) is 10.1. The van der Waals surface area contributed by atoms with Crippen molar-refractivity contribution in [2.45, 2.75) is 12.5 Å². The number of furan rings is 1. The number of carbonyl (C=O) groups excluding carboxylic acids is 1. The van der Waals surface area contributed by atoms with Crippen molar-refractivity contribution in [3.05, 3.63) is 23.1 Å². The Morgan fingerprint density at radius 3 is 2.80 bits per heavy atom. The highest BCUT2D eigenvalue weighted by Crippen LogP contribution is 2.17. The maximum absolute atomic E-state index is 11.7. The van der Waals surface area contributed by atoms with E-state index < -0.39 is 0 Å². The molecule has 0 aromatic carbocycles. The molecule has 1 aromatic heterocycles. The second-order valence-corrected chi connectivity index (χ2v) is 3.78. The second-order valence-electron chi connectivity index (χ2n) is 3.40. The van der Waals surface area contributed by atoms with Crippen LogP contribution in [0.2, 0.25) is 5.22 Å². The summed E-state index contributed by atoms with van der Waals surface area (Å²) in [5, 5.41) is 0.233. The van der Waals surface area contributed by atoms with Crippen LogP contribution in [0.1, 0.15) is 17.0 Å². The van der Waals surface area contributed by atoms with Crippen LogP contribution in [0, 0.1) is 0 Å². The third-order valence-corrected chi connectivity index (χ3v) is 2.50. The Labute approximate surface area is 98.8 Å². The van der Waals surface area contributed by atoms with Gasteiger partial charge in [-0.15, -0.1) is 12.4 Å². The summed E-state index contributed by atoms with van der Waals surface area (Å²) in [7, 11) is 0. The average molecular weight is 251 g/mol. The maximum Gasteiger partial charge on any atom is 0.289 e. The summed E-state index contributed by atoms with van der Waals surface area (Å²) >= 11 is 5.58. The lowest BCUT2D eigenvalue weighted by atomic mass is 10.3. The number of halogens is 2. The summed E-state index contributed by atoms with van der Waals surface area (Å²) in [6.45, 7) is 1.29. The van der Waals surface area contributed by atoms with Crippen molar-refractivity contribution in [2.24, 2.45) is 5.73 Å². The van der Waals surface area contributed by atoms with E-state index in [0.29, 0.717) is 13.1 Å². The van der Waals surface area contributed by atoms with E-state index in [4.69, 9.17) is 21.8 Å². The number of nitrogens with two attached hydrogens (primary N) is 1. The topological polar surface area (TPSA) is 59.5 Å². The van der Waals surface area contributed by atoms with Gasteiger partial charge in [0, 0.05) is 19.1 Å². The number of likely N-dealkylation sites (tertiary alicyclic amines) is 1. The molecule has 0 bridgehead atoms. The van der Waals surface area contributed by atoms with E-state index in [9.17, 15) is 4.79 Å². The Balaban J connectivity index is 0.00000112. The number of nitrogens with zero attached hydrogens (tertiary/aromatic N) is 1. The fourth-order valence-electron chi connectivity index (χ4n) is 1.56. The van der Waals surface area contributed by atoms with Crippen LogP contribution >= 0.6 is 24.0 Å². The van der Waals surface area contributed by atoms with Crippen molar-refractivity contribution < 1.29 is 9.21 Å². The van der Waals surface area contributed by atoms with Crippen molar-refractivity contribution >= 4 is 29.9 Å². The van der Waals surface area contributed by atoms with Crippen LogP contribution in [-0.2, 0) is 0 Å². The zero-order valence-electron chi connectivity index (χ0n) is 7.98. The van der Waals surface area contributed by atoms with Gasteiger partial charge in [-0.3, -0.25) is 4.79 Å². The highest BCUT2D eigenvalue weighted by molar-refractivity contribution is 6.29. The molecule has 1 atom stereocenters. The summed E-state index contributed by atoms with van der Waals surface area (Å²) in [4.78, 5) is 13.4. The molecule has 1 aromatic rings. The van der Waals surface area contributed by atoms with Crippen molar-refractivity contribution in [3.63, 3.8) is 0 Å². The van der Waals surface area contributed by atoms with E-state index in [1.54, 1.807) is 17.0 Å². The minimum absolute atomic E-state index is 0. The first-order valence-corrected chi connectivity index (χ1v) is 4.85. The van der Waals surface area contributed by atoms with Crippen LogP contribution in [0.5, 0.6) is 0 Å². The lowest BCUT2D eigenvalue weighted by molar-refractivity contribution is 0.0759. The van der Waals surface area contributed by atoms with E-state index in [0.717, 1.165) is 6.42 Å². The fourth-order valence-corrected chi connectivity index (χ4v) is 1.70. The zero-order valence-corrected chi connectivity index (χ0v) is 9.55. The van der Waals surface area contributed by atoms with Crippen LogP contribution in [0.3, 0.4) is 0 Å². The molecular weight excluding hydrogens is 239 g/mol. The minimum Gasteiger partial charge on any atom is -0.440 e. The quantitative estimate of drug-likeness (QED) is 0.823. The third kappa shape index (κ3) is 2.65. The first-order chi connectivity index (χ1) is 6.66. The minimum atomic E-state index is -0.134. The summed E-state index contributed by atoms with van der Waals surface area (Å²) in [5.41, 5.74) is 5.70. The summed E-state index contributed by atoms with van der Waals surface area (Å²) < 4.78 is 5.03. The van der Waals surface area contributed by atoms with E-state index in [1.807, 2.05) is 0 Å². The van der Waals surface area contributed by atoms with Gasteiger partial charge in [-0.25, -0.2) is 0 Å². The van der Waals surface area contributed by atoms with Gasteiger partial charge in [-0.1, -0.05) is 0 Å². The van der Waals surface area contributed by atoms with Crippen LogP contribution in [0.15, 0.2) is 16.5 Å². The Morgan fingerprint density at radius 1 is 1.60 bits per heavy atom. The largest absolute Gasteiger partial charge is 0.440 e. The summed E-state index contributed by atoms with van der Waals surface area (Å²) in [6.07, 6.45) is 0.847. The van der Waals surface area contributed by atoms with Crippen molar-refractivity contribution in [2.75, 3.05) is 13.1 Å². The Bertz CT molecular complexity index is 354. The highest BCUT2D eigenvalue weighted by Gasteiger charge is 2.26. The fraction of sp³-hybridized carbons (Fsp3) is 0.444. The molecule has 1 saturated heterocycles. The van der Waals surface area contributed by atoms with E-state index >= 15 is 0 Å². The van der Waals surface area contributed by atoms with Crippen LogP contribution in [-0.4, -0.2) is 29.9 Å². The Morgan fingerprint density at radius 2 is 2.33 bits per heavy atom. The first-order valence-electron chi connectivity index (χ1n) is 4.47. The number of rotatable bonds is 1. The average Bonchev–Trinajstić information content (AvgIpc) is 2.73. The van der Waals surface area contributed by atoms with E-state index in [-0.39, 0.29) is 35.3 Å². The lowest BCUT2D eigenvalue weighted by Crippen LogP contribution is -2.31. The molecule has 15 heavy (non-hydrogen) atoms. The van der Waals surface area contributed by atoms with Crippen molar-refractivity contribution in [3.8, 4) is 0 Å². The van der Waals surface area contributed by atoms with Crippen molar-refractivity contribution in [1.82, 2.24) is 4.90 Å². The lowest BCUT2D eigenvalue weighted by Gasteiger charge is -2.13.